The topological polar surface area (TPSA) is 99.6 Å². The molecular weight excluding hydrogens is 356 g/mol. The van der Waals surface area contributed by atoms with Gasteiger partial charge >= 0.3 is 0 Å². The summed E-state index contributed by atoms with van der Waals surface area (Å²) in [4.78, 5) is 4.40. The van der Waals surface area contributed by atoms with Gasteiger partial charge in [0.05, 0.1) is 38.2 Å². The summed E-state index contributed by atoms with van der Waals surface area (Å²) < 4.78 is 12.5. The summed E-state index contributed by atoms with van der Waals surface area (Å²) >= 11 is 0. The Morgan fingerprint density at radius 3 is 2.93 bits per heavy atom. The van der Waals surface area contributed by atoms with Crippen LogP contribution in [0.4, 0.5) is 0 Å². The molecule has 3 N–H and O–H groups in total. The molecule has 144 valence electrons. The monoisotopic (exact) mass is 378 g/mol. The fourth-order valence-electron chi connectivity index (χ4n) is 3.11. The van der Waals surface area contributed by atoms with Crippen LogP contribution in [0.1, 0.15) is 23.7 Å². The van der Waals surface area contributed by atoms with E-state index in [0.29, 0.717) is 19.1 Å². The Bertz CT molecular complexity index is 967. The Balaban J connectivity index is 1.40. The van der Waals surface area contributed by atoms with E-state index in [2.05, 4.69) is 20.6 Å². The highest BCUT2D eigenvalue weighted by Gasteiger charge is 2.21. The lowest BCUT2D eigenvalue weighted by Crippen LogP contribution is -2.37. The van der Waals surface area contributed by atoms with Gasteiger partial charge in [-0.05, 0) is 30.3 Å². The Kier molecular flexibility index (Phi) is 5.09. The van der Waals surface area contributed by atoms with Crippen molar-refractivity contribution in [3.8, 4) is 17.2 Å². The molecule has 4 rings (SSSR count). The van der Waals surface area contributed by atoms with Gasteiger partial charge in [0.1, 0.15) is 17.2 Å². The highest BCUT2D eigenvalue weighted by Crippen LogP contribution is 2.31. The molecule has 1 aliphatic rings. The predicted molar refractivity (Wildman–Crippen MR) is 106 cm³/mol. The van der Waals surface area contributed by atoms with Gasteiger partial charge in [-0.1, -0.05) is 23.4 Å². The lowest BCUT2D eigenvalue weighted by atomic mass is 10.0. The molecule has 0 spiro atoms. The molecule has 3 aromatic rings. The zero-order valence-corrected chi connectivity index (χ0v) is 15.6. The molecule has 0 saturated heterocycles. The smallest absolute Gasteiger partial charge is 0.189 e. The number of rotatable bonds is 5. The minimum Gasteiger partial charge on any atom is -0.497 e. The van der Waals surface area contributed by atoms with Crippen LogP contribution in [-0.2, 0) is 6.54 Å². The van der Waals surface area contributed by atoms with Gasteiger partial charge in [0.15, 0.2) is 5.96 Å². The van der Waals surface area contributed by atoms with E-state index in [0.717, 1.165) is 34.9 Å². The number of aliphatic imine (C=N–C) groups is 1. The highest BCUT2D eigenvalue weighted by molar-refractivity contribution is 5.78. The minimum atomic E-state index is 0.0867. The Morgan fingerprint density at radius 1 is 1.29 bits per heavy atom. The molecule has 0 aliphatic carbocycles. The average molecular weight is 378 g/mol. The van der Waals surface area contributed by atoms with Gasteiger partial charge in [-0.2, -0.15) is 0 Å². The third-order valence-corrected chi connectivity index (χ3v) is 4.57. The van der Waals surface area contributed by atoms with Gasteiger partial charge in [-0.25, -0.2) is 9.67 Å². The second-order valence-corrected chi connectivity index (χ2v) is 6.43. The maximum absolute atomic E-state index is 6.09. The number of aromatic nitrogens is 3. The van der Waals surface area contributed by atoms with Crippen molar-refractivity contribution in [1.82, 2.24) is 20.3 Å². The summed E-state index contributed by atoms with van der Waals surface area (Å²) in [6.45, 7) is 0.998. The first-order chi connectivity index (χ1) is 13.7. The molecule has 2 heterocycles. The fraction of sp³-hybridized carbons (Fsp3) is 0.250. The highest BCUT2D eigenvalue weighted by atomic mass is 16.5. The summed E-state index contributed by atoms with van der Waals surface area (Å²) in [7, 11) is 1.64. The van der Waals surface area contributed by atoms with E-state index in [1.807, 2.05) is 54.7 Å². The largest absolute Gasteiger partial charge is 0.497 e. The van der Waals surface area contributed by atoms with E-state index in [4.69, 9.17) is 15.2 Å². The van der Waals surface area contributed by atoms with Crippen molar-refractivity contribution in [2.45, 2.75) is 19.0 Å². The Hall–Kier alpha value is -3.55. The molecule has 1 aromatic heterocycles. The standard InChI is InChI=1S/C20H22N6O2/c1-27-16-8-6-15(7-9-16)26-13-14(24-25-26)12-22-20(21)23-18-10-11-28-19-5-3-2-4-17(18)19/h2-9,13,18H,10-12H2,1H3,(H3,21,22,23). The molecule has 0 bridgehead atoms. The molecule has 28 heavy (non-hydrogen) atoms. The van der Waals surface area contributed by atoms with Gasteiger partial charge in [0, 0.05) is 12.0 Å². The fourth-order valence-corrected chi connectivity index (χ4v) is 3.11. The van der Waals surface area contributed by atoms with Crippen LogP contribution in [0.25, 0.3) is 5.69 Å². The zero-order chi connectivity index (χ0) is 19.3. The van der Waals surface area contributed by atoms with E-state index < -0.39 is 0 Å². The number of nitrogens with one attached hydrogen (secondary N) is 1. The maximum atomic E-state index is 6.09. The number of nitrogens with two attached hydrogens (primary N) is 1. The third-order valence-electron chi connectivity index (χ3n) is 4.57. The number of methoxy groups -OCH3 is 1. The number of ether oxygens (including phenoxy) is 2. The lowest BCUT2D eigenvalue weighted by molar-refractivity contribution is 0.262. The van der Waals surface area contributed by atoms with E-state index >= 15 is 0 Å². The van der Waals surface area contributed by atoms with Crippen LogP contribution in [-0.4, -0.2) is 34.7 Å². The van der Waals surface area contributed by atoms with Crippen molar-refractivity contribution < 1.29 is 9.47 Å². The van der Waals surface area contributed by atoms with Crippen molar-refractivity contribution in [2.75, 3.05) is 13.7 Å². The number of hydrogen-bond acceptors (Lipinski definition) is 5. The van der Waals surface area contributed by atoms with Crippen LogP contribution in [0.15, 0.2) is 59.7 Å². The molecule has 1 aliphatic heterocycles. The first-order valence-electron chi connectivity index (χ1n) is 9.07. The number of fused-ring (bicyclic) bond motifs is 1. The van der Waals surface area contributed by atoms with Gasteiger partial charge in [-0.15, -0.1) is 5.10 Å². The van der Waals surface area contributed by atoms with Gasteiger partial charge in [0.25, 0.3) is 0 Å². The maximum Gasteiger partial charge on any atom is 0.189 e. The van der Waals surface area contributed by atoms with Gasteiger partial charge in [0.2, 0.25) is 0 Å². The molecule has 8 heteroatoms. The van der Waals surface area contributed by atoms with Crippen LogP contribution in [0, 0.1) is 0 Å². The lowest BCUT2D eigenvalue weighted by Gasteiger charge is -2.26. The number of para-hydroxylation sites is 1. The van der Waals surface area contributed by atoms with Crippen LogP contribution in [0.2, 0.25) is 0 Å². The van der Waals surface area contributed by atoms with Crippen LogP contribution in [0.5, 0.6) is 11.5 Å². The molecule has 2 aromatic carbocycles. The Labute approximate surface area is 163 Å². The van der Waals surface area contributed by atoms with Crippen molar-refractivity contribution in [2.24, 2.45) is 10.7 Å². The third kappa shape index (κ3) is 3.90. The average Bonchev–Trinajstić information content (AvgIpc) is 3.22. The number of benzene rings is 2. The summed E-state index contributed by atoms with van der Waals surface area (Å²) in [5.41, 5.74) is 8.81. The van der Waals surface area contributed by atoms with Gasteiger partial charge in [-0.3, -0.25) is 0 Å². The van der Waals surface area contributed by atoms with E-state index in [1.165, 1.54) is 0 Å². The Morgan fingerprint density at radius 2 is 2.11 bits per heavy atom. The second-order valence-electron chi connectivity index (χ2n) is 6.43. The number of hydrogen-bond donors (Lipinski definition) is 2. The molecule has 0 amide bonds. The molecular formula is C20H22N6O2. The van der Waals surface area contributed by atoms with E-state index in [9.17, 15) is 0 Å². The SMILES string of the molecule is COc1ccc(-n2cc(CN=C(N)NC3CCOc4ccccc43)nn2)cc1. The number of nitrogens with zero attached hydrogens (tertiary/aromatic N) is 4. The van der Waals surface area contributed by atoms with Crippen molar-refractivity contribution in [1.29, 1.82) is 0 Å². The molecule has 1 atom stereocenters. The van der Waals surface area contributed by atoms with Gasteiger partial charge < -0.3 is 20.5 Å². The molecule has 1 unspecified atom stereocenters. The molecule has 0 saturated carbocycles. The normalized spacial score (nSPS) is 16.2. The quantitative estimate of drug-likeness (QED) is 0.522. The van der Waals surface area contributed by atoms with Crippen molar-refractivity contribution >= 4 is 5.96 Å². The molecule has 8 nitrogen and oxygen atoms in total. The first-order valence-corrected chi connectivity index (χ1v) is 9.07. The summed E-state index contributed by atoms with van der Waals surface area (Å²) in [5.74, 6) is 2.06. The summed E-state index contributed by atoms with van der Waals surface area (Å²) in [5, 5.41) is 11.6. The van der Waals surface area contributed by atoms with Crippen molar-refractivity contribution in [3.05, 3.63) is 66.0 Å². The first kappa shape index (κ1) is 17.8. The zero-order valence-electron chi connectivity index (χ0n) is 15.6. The summed E-state index contributed by atoms with van der Waals surface area (Å²) in [6, 6.07) is 15.6. The summed E-state index contributed by atoms with van der Waals surface area (Å²) in [6.07, 6.45) is 2.67. The second kappa shape index (κ2) is 7.99. The number of guanidine groups is 1. The van der Waals surface area contributed by atoms with Crippen molar-refractivity contribution in [3.63, 3.8) is 0 Å². The van der Waals surface area contributed by atoms with E-state index in [-0.39, 0.29) is 6.04 Å². The minimum absolute atomic E-state index is 0.0867. The van der Waals surface area contributed by atoms with Crippen LogP contribution >= 0.6 is 0 Å². The van der Waals surface area contributed by atoms with Crippen LogP contribution < -0.4 is 20.5 Å². The molecule has 0 fully saturated rings. The van der Waals surface area contributed by atoms with E-state index in [1.54, 1.807) is 11.8 Å². The van der Waals surface area contributed by atoms with Crippen LogP contribution in [0.3, 0.4) is 0 Å². The molecule has 0 radical (unpaired) electrons. The predicted octanol–water partition coefficient (Wildman–Crippen LogP) is 2.20.